The van der Waals surface area contributed by atoms with Gasteiger partial charge in [-0.15, -0.1) is 0 Å². The highest BCUT2D eigenvalue weighted by atomic mass is 79.9. The first-order valence-electron chi connectivity index (χ1n) is 9.26. The molecule has 2 heterocycles. The topological polar surface area (TPSA) is 43.9 Å². The molecule has 2 aliphatic rings. The summed E-state index contributed by atoms with van der Waals surface area (Å²) in [6.07, 6.45) is 0.296. The number of carbonyl (C=O) groups is 2. The van der Waals surface area contributed by atoms with Crippen molar-refractivity contribution >= 4 is 39.1 Å². The number of benzene rings is 2. The maximum Gasteiger partial charge on any atom is 0.228 e. The molecule has 2 aliphatic heterocycles. The molecule has 0 saturated carbocycles. The lowest BCUT2D eigenvalue weighted by atomic mass is 10.1. The Morgan fingerprint density at radius 1 is 0.926 bits per heavy atom. The van der Waals surface area contributed by atoms with E-state index in [4.69, 9.17) is 0 Å². The van der Waals surface area contributed by atoms with Crippen LogP contribution in [-0.2, 0) is 9.59 Å². The zero-order valence-electron chi connectivity index (χ0n) is 15.1. The van der Waals surface area contributed by atoms with Gasteiger partial charge in [0.25, 0.3) is 0 Å². The van der Waals surface area contributed by atoms with Gasteiger partial charge in [-0.25, -0.2) is 0 Å². The molecular formula is C21H22BrN3O2. The molecule has 27 heavy (non-hydrogen) atoms. The van der Waals surface area contributed by atoms with E-state index in [1.807, 2.05) is 47.4 Å². The second kappa shape index (κ2) is 7.72. The highest BCUT2D eigenvalue weighted by Gasteiger charge is 2.38. The van der Waals surface area contributed by atoms with Crippen LogP contribution in [0.15, 0.2) is 59.1 Å². The van der Waals surface area contributed by atoms with E-state index < -0.39 is 0 Å². The maximum atomic E-state index is 13.0. The monoisotopic (exact) mass is 427 g/mol. The summed E-state index contributed by atoms with van der Waals surface area (Å²) >= 11 is 3.44. The number of hydrogen-bond acceptors (Lipinski definition) is 3. The molecule has 2 fully saturated rings. The van der Waals surface area contributed by atoms with Crippen molar-refractivity contribution in [2.45, 2.75) is 6.42 Å². The number of anilines is 2. The number of halogens is 1. The van der Waals surface area contributed by atoms with E-state index in [0.717, 1.165) is 23.2 Å². The number of nitrogens with zero attached hydrogens (tertiary/aromatic N) is 3. The van der Waals surface area contributed by atoms with Gasteiger partial charge in [0.2, 0.25) is 11.8 Å². The van der Waals surface area contributed by atoms with Crippen LogP contribution in [0.4, 0.5) is 11.4 Å². The molecule has 1 atom stereocenters. The quantitative estimate of drug-likeness (QED) is 0.755. The van der Waals surface area contributed by atoms with Crippen LogP contribution < -0.4 is 9.80 Å². The Labute approximate surface area is 167 Å². The van der Waals surface area contributed by atoms with Gasteiger partial charge in [0.15, 0.2) is 0 Å². The summed E-state index contributed by atoms with van der Waals surface area (Å²) in [5.41, 5.74) is 2.04. The van der Waals surface area contributed by atoms with Gasteiger partial charge in [0.1, 0.15) is 0 Å². The minimum atomic E-state index is -0.250. The molecule has 0 bridgehead atoms. The lowest BCUT2D eigenvalue weighted by Gasteiger charge is -2.37. The van der Waals surface area contributed by atoms with Crippen molar-refractivity contribution in [3.63, 3.8) is 0 Å². The number of para-hydroxylation sites is 1. The molecule has 0 aliphatic carbocycles. The first-order chi connectivity index (χ1) is 13.1. The van der Waals surface area contributed by atoms with Crippen molar-refractivity contribution in [1.29, 1.82) is 0 Å². The second-order valence-corrected chi connectivity index (χ2v) is 7.95. The third-order valence-corrected chi connectivity index (χ3v) is 5.80. The fourth-order valence-corrected chi connectivity index (χ4v) is 4.24. The van der Waals surface area contributed by atoms with Crippen LogP contribution in [0.1, 0.15) is 6.42 Å². The predicted octanol–water partition coefficient (Wildman–Crippen LogP) is 3.15. The minimum absolute atomic E-state index is 0.0226. The SMILES string of the molecule is O=C(C1CC(=O)N(c2cccc(Br)c2)C1)N1CCN(c2ccccc2)CC1. The Morgan fingerprint density at radius 2 is 1.63 bits per heavy atom. The molecule has 140 valence electrons. The molecule has 2 aromatic rings. The smallest absolute Gasteiger partial charge is 0.228 e. The van der Waals surface area contributed by atoms with Crippen LogP contribution in [0.3, 0.4) is 0 Å². The van der Waals surface area contributed by atoms with E-state index >= 15 is 0 Å². The Kier molecular flexibility index (Phi) is 5.16. The van der Waals surface area contributed by atoms with Crippen LogP contribution in [0.2, 0.25) is 0 Å². The number of carbonyl (C=O) groups excluding carboxylic acids is 2. The summed E-state index contributed by atoms with van der Waals surface area (Å²) in [4.78, 5) is 31.4. The van der Waals surface area contributed by atoms with Crippen LogP contribution in [0.25, 0.3) is 0 Å². The summed E-state index contributed by atoms with van der Waals surface area (Å²) in [6, 6.07) is 17.9. The fraction of sp³-hybridized carbons (Fsp3) is 0.333. The van der Waals surface area contributed by atoms with E-state index in [-0.39, 0.29) is 17.7 Å². The van der Waals surface area contributed by atoms with Crippen LogP contribution >= 0.6 is 15.9 Å². The molecule has 5 nitrogen and oxygen atoms in total. The van der Waals surface area contributed by atoms with Gasteiger partial charge in [0, 0.05) is 55.0 Å². The Balaban J connectivity index is 1.37. The predicted molar refractivity (Wildman–Crippen MR) is 110 cm³/mol. The first-order valence-corrected chi connectivity index (χ1v) is 10.1. The van der Waals surface area contributed by atoms with E-state index in [2.05, 4.69) is 33.0 Å². The van der Waals surface area contributed by atoms with Gasteiger partial charge >= 0.3 is 0 Å². The number of amides is 2. The van der Waals surface area contributed by atoms with E-state index in [1.54, 1.807) is 4.90 Å². The molecule has 1 unspecified atom stereocenters. The minimum Gasteiger partial charge on any atom is -0.368 e. The number of piperazine rings is 1. The molecular weight excluding hydrogens is 406 g/mol. The van der Waals surface area contributed by atoms with Crippen molar-refractivity contribution < 1.29 is 9.59 Å². The second-order valence-electron chi connectivity index (χ2n) is 7.03. The van der Waals surface area contributed by atoms with Crippen molar-refractivity contribution in [1.82, 2.24) is 4.90 Å². The van der Waals surface area contributed by atoms with Crippen molar-refractivity contribution in [2.75, 3.05) is 42.5 Å². The molecule has 0 radical (unpaired) electrons. The average Bonchev–Trinajstić information content (AvgIpc) is 3.10. The first kappa shape index (κ1) is 18.0. The third kappa shape index (κ3) is 3.86. The molecule has 2 saturated heterocycles. The van der Waals surface area contributed by atoms with Crippen molar-refractivity contribution in [2.24, 2.45) is 5.92 Å². The van der Waals surface area contributed by atoms with Gasteiger partial charge < -0.3 is 14.7 Å². The summed E-state index contributed by atoms with van der Waals surface area (Å²) in [7, 11) is 0. The average molecular weight is 428 g/mol. The zero-order chi connectivity index (χ0) is 18.8. The highest BCUT2D eigenvalue weighted by Crippen LogP contribution is 2.28. The van der Waals surface area contributed by atoms with Crippen molar-refractivity contribution in [3.05, 3.63) is 59.1 Å². The molecule has 2 amide bonds. The Bertz CT molecular complexity index is 834. The standard InChI is InChI=1S/C21H22BrN3O2/c22-17-5-4-8-19(14-17)25-15-16(13-20(25)26)21(27)24-11-9-23(10-12-24)18-6-2-1-3-7-18/h1-8,14,16H,9-13,15H2. The summed E-state index contributed by atoms with van der Waals surface area (Å²) in [5, 5.41) is 0. The van der Waals surface area contributed by atoms with Gasteiger partial charge in [0.05, 0.1) is 5.92 Å². The Morgan fingerprint density at radius 3 is 2.33 bits per heavy atom. The maximum absolute atomic E-state index is 13.0. The molecule has 4 rings (SSSR count). The van der Waals surface area contributed by atoms with Crippen molar-refractivity contribution in [3.8, 4) is 0 Å². The van der Waals surface area contributed by atoms with Crippen LogP contribution in [0.5, 0.6) is 0 Å². The Hall–Kier alpha value is -2.34. The normalized spacial score (nSPS) is 20.3. The zero-order valence-corrected chi connectivity index (χ0v) is 16.6. The van der Waals surface area contributed by atoms with E-state index in [1.165, 1.54) is 5.69 Å². The van der Waals surface area contributed by atoms with E-state index in [9.17, 15) is 9.59 Å². The molecule has 6 heteroatoms. The largest absolute Gasteiger partial charge is 0.368 e. The van der Waals surface area contributed by atoms with Crippen LogP contribution in [-0.4, -0.2) is 49.4 Å². The molecule has 2 aromatic carbocycles. The lowest BCUT2D eigenvalue weighted by molar-refractivity contribution is -0.136. The highest BCUT2D eigenvalue weighted by molar-refractivity contribution is 9.10. The van der Waals surface area contributed by atoms with Gasteiger partial charge in [-0.2, -0.15) is 0 Å². The van der Waals surface area contributed by atoms with Gasteiger partial charge in [-0.05, 0) is 30.3 Å². The van der Waals surface area contributed by atoms with Crippen LogP contribution in [0, 0.1) is 5.92 Å². The molecule has 0 N–H and O–H groups in total. The summed E-state index contributed by atoms with van der Waals surface area (Å²) in [6.45, 7) is 3.52. The summed E-state index contributed by atoms with van der Waals surface area (Å²) < 4.78 is 0.930. The molecule has 0 spiro atoms. The molecule has 0 aromatic heterocycles. The third-order valence-electron chi connectivity index (χ3n) is 5.31. The van der Waals surface area contributed by atoms with Gasteiger partial charge in [-0.3, -0.25) is 9.59 Å². The fourth-order valence-electron chi connectivity index (χ4n) is 3.85. The summed E-state index contributed by atoms with van der Waals surface area (Å²) in [5.74, 6) is -0.123. The van der Waals surface area contributed by atoms with Gasteiger partial charge in [-0.1, -0.05) is 40.2 Å². The van der Waals surface area contributed by atoms with E-state index in [0.29, 0.717) is 26.1 Å². The lowest BCUT2D eigenvalue weighted by Crippen LogP contribution is -2.50. The number of rotatable bonds is 3. The number of hydrogen-bond donors (Lipinski definition) is 0.